The lowest BCUT2D eigenvalue weighted by Crippen LogP contribution is -2.55. The molecule has 1 aliphatic rings. The van der Waals surface area contributed by atoms with E-state index in [1.54, 1.807) is 6.08 Å². The molecule has 1 aromatic rings. The molecule has 6 heteroatoms. The molecule has 0 N–H and O–H groups in total. The summed E-state index contributed by atoms with van der Waals surface area (Å²) in [5, 5.41) is 0. The van der Waals surface area contributed by atoms with E-state index in [-0.39, 0.29) is 6.54 Å². The first-order valence-electron chi connectivity index (χ1n) is 6.93. The average molecular weight is 299 g/mol. The number of hydrogen-bond donors (Lipinski definition) is 0. The Balaban J connectivity index is 2.42. The summed E-state index contributed by atoms with van der Waals surface area (Å²) in [6.07, 6.45) is 5.43. The van der Waals surface area contributed by atoms with E-state index in [2.05, 4.69) is 4.79 Å². The molecule has 0 radical (unpaired) electrons. The van der Waals surface area contributed by atoms with E-state index in [9.17, 15) is 9.59 Å². The number of carbonyl (C=O) groups excluding carboxylic acids is 2. The molecule has 1 amide bonds. The fourth-order valence-electron chi connectivity index (χ4n) is 2.65. The molecule has 0 fully saturated rings. The third-order valence-electron chi connectivity index (χ3n) is 3.72. The largest absolute Gasteiger partial charge is 0.467 e. The number of carbonyl (C=O) groups is 2. The van der Waals surface area contributed by atoms with Crippen molar-refractivity contribution in [3.8, 4) is 0 Å². The van der Waals surface area contributed by atoms with E-state index in [4.69, 9.17) is 10.3 Å². The van der Waals surface area contributed by atoms with Crippen LogP contribution in [0.2, 0.25) is 0 Å². The van der Waals surface area contributed by atoms with Crippen LogP contribution in [0.3, 0.4) is 0 Å². The van der Waals surface area contributed by atoms with E-state index in [1.807, 2.05) is 36.4 Å². The average Bonchev–Trinajstić information content (AvgIpc) is 3.03. The van der Waals surface area contributed by atoms with Gasteiger partial charge in [0.2, 0.25) is 0 Å². The predicted octanol–water partition coefficient (Wildman–Crippen LogP) is 1.58. The highest BCUT2D eigenvalue weighted by Gasteiger charge is 2.47. The molecule has 0 unspecified atom stereocenters. The Morgan fingerprint density at radius 2 is 2.14 bits per heavy atom. The van der Waals surface area contributed by atoms with Crippen LogP contribution < -0.4 is 0 Å². The van der Waals surface area contributed by atoms with Gasteiger partial charge in [-0.3, -0.25) is 4.79 Å². The van der Waals surface area contributed by atoms with E-state index >= 15 is 0 Å². The first kappa shape index (κ1) is 15.7. The van der Waals surface area contributed by atoms with Crippen molar-refractivity contribution in [2.24, 2.45) is 0 Å². The molecular weight excluding hydrogens is 282 g/mol. The molecule has 0 bridgehead atoms. The van der Waals surface area contributed by atoms with Crippen molar-refractivity contribution >= 4 is 18.1 Å². The Labute approximate surface area is 128 Å². The lowest BCUT2D eigenvalue weighted by molar-refractivity contribution is -0.157. The van der Waals surface area contributed by atoms with E-state index in [0.29, 0.717) is 12.8 Å². The Morgan fingerprint density at radius 1 is 1.41 bits per heavy atom. The maximum absolute atomic E-state index is 12.3. The van der Waals surface area contributed by atoms with Gasteiger partial charge < -0.3 is 15.2 Å². The Kier molecular flexibility index (Phi) is 4.86. The predicted molar refractivity (Wildman–Crippen MR) is 79.8 cm³/mol. The molecule has 1 aromatic carbocycles. The fraction of sp³-hybridized carbons (Fsp3) is 0.312. The first-order valence-corrected chi connectivity index (χ1v) is 6.93. The summed E-state index contributed by atoms with van der Waals surface area (Å²) in [5.41, 5.74) is 8.36. The molecule has 0 spiro atoms. The van der Waals surface area contributed by atoms with Crippen molar-refractivity contribution in [3.05, 3.63) is 53.6 Å². The topological polar surface area (TPSA) is 83.0 Å². The van der Waals surface area contributed by atoms with Gasteiger partial charge in [0.05, 0.1) is 7.11 Å². The molecule has 0 saturated heterocycles. The van der Waals surface area contributed by atoms with Crippen LogP contribution in [0.25, 0.3) is 5.53 Å². The van der Waals surface area contributed by atoms with Gasteiger partial charge in [-0.2, -0.15) is 4.79 Å². The van der Waals surface area contributed by atoms with Crippen LogP contribution in [0.5, 0.6) is 0 Å². The van der Waals surface area contributed by atoms with Crippen LogP contribution in [-0.2, 0) is 20.9 Å². The Morgan fingerprint density at radius 3 is 2.68 bits per heavy atom. The molecule has 0 saturated carbocycles. The van der Waals surface area contributed by atoms with Crippen LogP contribution in [0.15, 0.2) is 42.5 Å². The lowest BCUT2D eigenvalue weighted by Gasteiger charge is -2.36. The summed E-state index contributed by atoms with van der Waals surface area (Å²) in [5.74, 6) is -1.06. The zero-order valence-electron chi connectivity index (χ0n) is 12.3. The van der Waals surface area contributed by atoms with Crippen molar-refractivity contribution in [1.82, 2.24) is 4.90 Å². The minimum atomic E-state index is -1.16. The molecule has 114 valence electrons. The van der Waals surface area contributed by atoms with Gasteiger partial charge in [-0.05, 0) is 18.4 Å². The second-order valence-electron chi connectivity index (χ2n) is 5.01. The van der Waals surface area contributed by atoms with Crippen molar-refractivity contribution in [2.45, 2.75) is 24.9 Å². The molecular formula is C16H17N3O3. The number of esters is 1. The van der Waals surface area contributed by atoms with Gasteiger partial charge in [-0.15, -0.1) is 0 Å². The number of hydrogen-bond acceptors (Lipinski definition) is 3. The Bertz CT molecular complexity index is 635. The molecule has 1 aliphatic carbocycles. The second kappa shape index (κ2) is 6.83. The summed E-state index contributed by atoms with van der Waals surface area (Å²) in [7, 11) is 1.29. The summed E-state index contributed by atoms with van der Waals surface area (Å²) < 4.78 is 4.89. The van der Waals surface area contributed by atoms with Gasteiger partial charge in [0, 0.05) is 6.54 Å². The van der Waals surface area contributed by atoms with Gasteiger partial charge in [0.15, 0.2) is 5.54 Å². The smallest absolute Gasteiger partial charge is 0.344 e. The maximum atomic E-state index is 12.3. The summed E-state index contributed by atoms with van der Waals surface area (Å²) >= 11 is 0. The number of methoxy groups -OCH3 is 1. The third-order valence-corrected chi connectivity index (χ3v) is 3.72. The zero-order chi connectivity index (χ0) is 16.0. The van der Waals surface area contributed by atoms with Crippen LogP contribution in [0.1, 0.15) is 18.4 Å². The number of amides is 1. The number of rotatable bonds is 5. The van der Waals surface area contributed by atoms with Crippen molar-refractivity contribution < 1.29 is 19.1 Å². The molecule has 0 heterocycles. The van der Waals surface area contributed by atoms with Gasteiger partial charge in [-0.1, -0.05) is 42.5 Å². The van der Waals surface area contributed by atoms with Crippen molar-refractivity contribution in [3.63, 3.8) is 0 Å². The highest BCUT2D eigenvalue weighted by atomic mass is 16.5. The first-order chi connectivity index (χ1) is 10.6. The number of allylic oxidation sites excluding steroid dienone is 1. The monoisotopic (exact) mass is 299 g/mol. The highest BCUT2D eigenvalue weighted by molar-refractivity contribution is 6.24. The maximum Gasteiger partial charge on any atom is 0.344 e. The number of benzene rings is 1. The van der Waals surface area contributed by atoms with E-state index in [0.717, 1.165) is 11.8 Å². The number of nitrogens with zero attached hydrogens (tertiary/aromatic N) is 3. The van der Waals surface area contributed by atoms with Gasteiger partial charge in [0.1, 0.15) is 0 Å². The minimum absolute atomic E-state index is 0.213. The molecule has 22 heavy (non-hydrogen) atoms. The molecule has 1 atom stereocenters. The van der Waals surface area contributed by atoms with E-state index < -0.39 is 17.4 Å². The summed E-state index contributed by atoms with van der Waals surface area (Å²) in [6.45, 7) is 0.213. The van der Waals surface area contributed by atoms with Gasteiger partial charge in [0.25, 0.3) is 0 Å². The number of ether oxygens (including phenoxy) is 1. The van der Waals surface area contributed by atoms with Crippen molar-refractivity contribution in [2.75, 3.05) is 7.11 Å². The standard InChI is InChI=1S/C16H17N3O3/c1-22-15(21)16(9-5-6-10-16)19(14(20)11-18-17)12-13-7-3-2-4-8-13/h2-5,7-9,11H,6,10,12H2,1H3/t16-/m1/s1. The van der Waals surface area contributed by atoms with Crippen LogP contribution >= 0.6 is 0 Å². The van der Waals surface area contributed by atoms with Gasteiger partial charge in [-0.25, -0.2) is 4.79 Å². The molecule has 0 aromatic heterocycles. The zero-order valence-corrected chi connectivity index (χ0v) is 12.3. The van der Waals surface area contributed by atoms with Gasteiger partial charge >= 0.3 is 18.1 Å². The molecule has 2 rings (SSSR count). The summed E-state index contributed by atoms with van der Waals surface area (Å²) in [4.78, 5) is 28.8. The second-order valence-corrected chi connectivity index (χ2v) is 5.01. The normalized spacial score (nSPS) is 19.3. The summed E-state index contributed by atoms with van der Waals surface area (Å²) in [6, 6.07) is 9.30. The van der Waals surface area contributed by atoms with Crippen LogP contribution in [0, 0.1) is 0 Å². The minimum Gasteiger partial charge on any atom is -0.467 e. The molecule has 0 aliphatic heterocycles. The molecule has 6 nitrogen and oxygen atoms in total. The Hall–Kier alpha value is -2.72. The van der Waals surface area contributed by atoms with Crippen molar-refractivity contribution in [1.29, 1.82) is 0 Å². The fourth-order valence-corrected chi connectivity index (χ4v) is 2.65. The van der Waals surface area contributed by atoms with Crippen LogP contribution in [-0.4, -0.2) is 40.4 Å². The third kappa shape index (κ3) is 2.97. The SMILES string of the molecule is COC(=O)[C@@]1(N(Cc2ccccc2)C(=O)C=[N+]=[N-])C=CCC1. The quantitative estimate of drug-likeness (QED) is 0.272. The highest BCUT2D eigenvalue weighted by Crippen LogP contribution is 2.32. The van der Waals surface area contributed by atoms with Crippen LogP contribution in [0.4, 0.5) is 0 Å². The lowest BCUT2D eigenvalue weighted by atomic mass is 9.95. The van der Waals surface area contributed by atoms with E-state index in [1.165, 1.54) is 12.0 Å².